The van der Waals surface area contributed by atoms with Crippen molar-refractivity contribution in [1.29, 1.82) is 0 Å². The largest absolute Gasteiger partial charge is 0.497 e. The van der Waals surface area contributed by atoms with Crippen LogP contribution in [-0.2, 0) is 4.79 Å². The molecule has 1 aromatic heterocycles. The van der Waals surface area contributed by atoms with Gasteiger partial charge in [0.15, 0.2) is 17.7 Å². The number of hydrogen-bond donors (Lipinski definition) is 1. The standard InChI is InChI=1S/C22H21F2N3O4/c1-14(31-20-9-5-16(23)13-18(20)24)22(28)25-11-12-30-21-10-8-19(26-27-21)15-3-6-17(29-2)7-4-15/h3-10,13-14H,11-12H2,1-2H3,(H,25,28). The Morgan fingerprint density at radius 2 is 1.84 bits per heavy atom. The Balaban J connectivity index is 1.42. The zero-order chi connectivity index (χ0) is 22.2. The third kappa shape index (κ3) is 6.11. The van der Waals surface area contributed by atoms with Gasteiger partial charge in [0, 0.05) is 17.7 Å². The highest BCUT2D eigenvalue weighted by molar-refractivity contribution is 5.80. The molecule has 7 nitrogen and oxygen atoms in total. The molecular weight excluding hydrogens is 408 g/mol. The highest BCUT2D eigenvalue weighted by Crippen LogP contribution is 2.21. The van der Waals surface area contributed by atoms with Gasteiger partial charge in [-0.1, -0.05) is 0 Å². The van der Waals surface area contributed by atoms with E-state index < -0.39 is 23.6 Å². The van der Waals surface area contributed by atoms with Crippen LogP contribution in [0.4, 0.5) is 8.78 Å². The van der Waals surface area contributed by atoms with E-state index in [1.165, 1.54) is 6.92 Å². The second kappa shape index (κ2) is 10.3. The molecule has 0 radical (unpaired) electrons. The van der Waals surface area contributed by atoms with E-state index in [4.69, 9.17) is 14.2 Å². The molecule has 0 aliphatic carbocycles. The van der Waals surface area contributed by atoms with Gasteiger partial charge in [0.05, 0.1) is 19.3 Å². The number of carbonyl (C=O) groups excluding carboxylic acids is 1. The third-order valence-corrected chi connectivity index (χ3v) is 4.24. The Hall–Kier alpha value is -3.75. The molecule has 0 spiro atoms. The van der Waals surface area contributed by atoms with Crippen molar-refractivity contribution in [3.63, 3.8) is 0 Å². The van der Waals surface area contributed by atoms with Crippen LogP contribution in [0, 0.1) is 11.6 Å². The topological polar surface area (TPSA) is 82.6 Å². The highest BCUT2D eigenvalue weighted by atomic mass is 19.1. The van der Waals surface area contributed by atoms with Gasteiger partial charge in [-0.05, 0) is 49.4 Å². The molecule has 2 aromatic carbocycles. The molecule has 31 heavy (non-hydrogen) atoms. The molecule has 0 fully saturated rings. The molecule has 0 saturated carbocycles. The van der Waals surface area contributed by atoms with E-state index in [-0.39, 0.29) is 18.9 Å². The minimum atomic E-state index is -0.969. The molecule has 3 rings (SSSR count). The summed E-state index contributed by atoms with van der Waals surface area (Å²) in [5.74, 6) is -1.20. The first kappa shape index (κ1) is 21.9. The molecule has 9 heteroatoms. The van der Waals surface area contributed by atoms with E-state index in [0.717, 1.165) is 23.4 Å². The minimum Gasteiger partial charge on any atom is -0.497 e. The quantitative estimate of drug-likeness (QED) is 0.525. The van der Waals surface area contributed by atoms with Gasteiger partial charge in [-0.3, -0.25) is 4.79 Å². The number of methoxy groups -OCH3 is 1. The molecule has 1 amide bonds. The SMILES string of the molecule is COc1ccc(-c2ccc(OCCNC(=O)C(C)Oc3ccc(F)cc3F)nn2)cc1. The fourth-order valence-corrected chi connectivity index (χ4v) is 2.60. The Labute approximate surface area is 178 Å². The van der Waals surface area contributed by atoms with Gasteiger partial charge in [0.1, 0.15) is 18.2 Å². The number of nitrogens with one attached hydrogen (secondary N) is 1. The lowest BCUT2D eigenvalue weighted by Gasteiger charge is -2.15. The number of carbonyl (C=O) groups is 1. The summed E-state index contributed by atoms with van der Waals surface area (Å²) in [7, 11) is 1.60. The van der Waals surface area contributed by atoms with Gasteiger partial charge in [-0.2, -0.15) is 0 Å². The lowest BCUT2D eigenvalue weighted by Crippen LogP contribution is -2.38. The number of ether oxygens (including phenoxy) is 3. The maximum atomic E-state index is 13.6. The van der Waals surface area contributed by atoms with Crippen molar-refractivity contribution in [2.75, 3.05) is 20.3 Å². The van der Waals surface area contributed by atoms with E-state index in [1.807, 2.05) is 24.3 Å². The Morgan fingerprint density at radius 1 is 1.06 bits per heavy atom. The normalized spacial score (nSPS) is 11.5. The summed E-state index contributed by atoms with van der Waals surface area (Å²) in [6.07, 6.45) is -0.969. The number of halogens is 2. The molecule has 162 valence electrons. The van der Waals surface area contributed by atoms with Crippen LogP contribution in [0.3, 0.4) is 0 Å². The molecule has 0 bridgehead atoms. The van der Waals surface area contributed by atoms with Crippen LogP contribution in [0.15, 0.2) is 54.6 Å². The third-order valence-electron chi connectivity index (χ3n) is 4.24. The van der Waals surface area contributed by atoms with Gasteiger partial charge in [-0.25, -0.2) is 8.78 Å². The van der Waals surface area contributed by atoms with Crippen molar-refractivity contribution < 1.29 is 27.8 Å². The first-order valence-corrected chi connectivity index (χ1v) is 9.46. The fraction of sp³-hybridized carbons (Fsp3) is 0.227. The number of nitrogens with zero attached hydrogens (tertiary/aromatic N) is 2. The first-order valence-electron chi connectivity index (χ1n) is 9.46. The Kier molecular flexibility index (Phi) is 7.31. The van der Waals surface area contributed by atoms with E-state index >= 15 is 0 Å². The zero-order valence-electron chi connectivity index (χ0n) is 17.0. The van der Waals surface area contributed by atoms with Crippen molar-refractivity contribution >= 4 is 5.91 Å². The van der Waals surface area contributed by atoms with Crippen LogP contribution >= 0.6 is 0 Å². The van der Waals surface area contributed by atoms with Gasteiger partial charge >= 0.3 is 0 Å². The molecule has 1 atom stereocenters. The molecule has 0 aliphatic rings. The fourth-order valence-electron chi connectivity index (χ4n) is 2.60. The maximum absolute atomic E-state index is 13.6. The maximum Gasteiger partial charge on any atom is 0.260 e. The average Bonchev–Trinajstić information content (AvgIpc) is 2.79. The van der Waals surface area contributed by atoms with Crippen LogP contribution in [0.1, 0.15) is 6.92 Å². The van der Waals surface area contributed by atoms with Crippen molar-refractivity contribution in [1.82, 2.24) is 15.5 Å². The number of amides is 1. The monoisotopic (exact) mass is 429 g/mol. The van der Waals surface area contributed by atoms with Crippen molar-refractivity contribution in [2.24, 2.45) is 0 Å². The van der Waals surface area contributed by atoms with Crippen molar-refractivity contribution in [2.45, 2.75) is 13.0 Å². The van der Waals surface area contributed by atoms with Crippen LogP contribution in [-0.4, -0.2) is 42.5 Å². The Bertz CT molecular complexity index is 1010. The van der Waals surface area contributed by atoms with Crippen molar-refractivity contribution in [3.8, 4) is 28.6 Å². The van der Waals surface area contributed by atoms with Crippen LogP contribution in [0.25, 0.3) is 11.3 Å². The van der Waals surface area contributed by atoms with E-state index in [0.29, 0.717) is 17.6 Å². The number of rotatable bonds is 9. The van der Waals surface area contributed by atoms with Crippen LogP contribution < -0.4 is 19.5 Å². The lowest BCUT2D eigenvalue weighted by atomic mass is 10.1. The van der Waals surface area contributed by atoms with E-state index in [2.05, 4.69) is 15.5 Å². The number of hydrogen-bond acceptors (Lipinski definition) is 6. The van der Waals surface area contributed by atoms with Crippen molar-refractivity contribution in [3.05, 3.63) is 66.2 Å². The second-order valence-electron chi connectivity index (χ2n) is 6.46. The Morgan fingerprint density at radius 3 is 2.48 bits per heavy atom. The predicted molar refractivity (Wildman–Crippen MR) is 109 cm³/mol. The molecule has 0 saturated heterocycles. The predicted octanol–water partition coefficient (Wildman–Crippen LogP) is 3.39. The van der Waals surface area contributed by atoms with Gasteiger partial charge in [0.2, 0.25) is 5.88 Å². The summed E-state index contributed by atoms with van der Waals surface area (Å²) < 4.78 is 42.3. The molecule has 1 N–H and O–H groups in total. The van der Waals surface area contributed by atoms with Crippen LogP contribution in [0.2, 0.25) is 0 Å². The molecule has 1 unspecified atom stereocenters. The number of aromatic nitrogens is 2. The van der Waals surface area contributed by atoms with Crippen LogP contribution in [0.5, 0.6) is 17.4 Å². The summed E-state index contributed by atoms with van der Waals surface area (Å²) in [5.41, 5.74) is 1.57. The van der Waals surface area contributed by atoms with E-state index in [1.54, 1.807) is 19.2 Å². The summed E-state index contributed by atoms with van der Waals surface area (Å²) in [4.78, 5) is 12.1. The smallest absolute Gasteiger partial charge is 0.260 e. The summed E-state index contributed by atoms with van der Waals surface area (Å²) >= 11 is 0. The molecule has 3 aromatic rings. The summed E-state index contributed by atoms with van der Waals surface area (Å²) in [6, 6.07) is 13.7. The summed E-state index contributed by atoms with van der Waals surface area (Å²) in [6.45, 7) is 1.79. The van der Waals surface area contributed by atoms with E-state index in [9.17, 15) is 13.6 Å². The lowest BCUT2D eigenvalue weighted by molar-refractivity contribution is -0.127. The summed E-state index contributed by atoms with van der Waals surface area (Å²) in [5, 5.41) is 10.7. The average molecular weight is 429 g/mol. The number of benzene rings is 2. The second-order valence-corrected chi connectivity index (χ2v) is 6.46. The van der Waals surface area contributed by atoms with Gasteiger partial charge in [-0.15, -0.1) is 10.2 Å². The molecule has 1 heterocycles. The highest BCUT2D eigenvalue weighted by Gasteiger charge is 2.16. The molecular formula is C22H21F2N3O4. The van der Waals surface area contributed by atoms with Gasteiger partial charge < -0.3 is 19.5 Å². The zero-order valence-corrected chi connectivity index (χ0v) is 17.0. The first-order chi connectivity index (χ1) is 15.0. The van der Waals surface area contributed by atoms with Gasteiger partial charge in [0.25, 0.3) is 5.91 Å². The minimum absolute atomic E-state index is 0.153. The molecule has 0 aliphatic heterocycles.